The molecule has 0 amide bonds. The number of fused-ring (bicyclic) bond motifs is 2. The average Bonchev–Trinajstić information content (AvgIpc) is 2.24. The molecule has 2 atom stereocenters. The molecule has 2 nitrogen and oxygen atoms in total. The number of hydrogen-bond acceptors (Lipinski definition) is 2. The summed E-state index contributed by atoms with van der Waals surface area (Å²) >= 11 is 0. The lowest BCUT2D eigenvalue weighted by Crippen LogP contribution is -2.59. The number of nitrogens with zero attached hydrogens (tertiary/aromatic N) is 2. The van der Waals surface area contributed by atoms with Crippen LogP contribution in [0.1, 0.15) is 45.4 Å². The largest absolute Gasteiger partial charge is 0.367 e. The number of rotatable bonds is 4. The molecule has 2 rings (SSSR count). The number of allylic oxidation sites excluding steroid dienone is 1. The Hall–Kier alpha value is -0.500. The van der Waals surface area contributed by atoms with Crippen LogP contribution in [0.5, 0.6) is 0 Å². The van der Waals surface area contributed by atoms with Crippen LogP contribution in [0.2, 0.25) is 0 Å². The lowest BCUT2D eigenvalue weighted by atomic mass is 9.90. The number of piperidine rings is 1. The first-order chi connectivity index (χ1) is 7.72. The molecule has 0 radical (unpaired) electrons. The van der Waals surface area contributed by atoms with Crippen molar-refractivity contribution in [3.8, 4) is 0 Å². The Labute approximate surface area is 100 Å². The van der Waals surface area contributed by atoms with Crippen molar-refractivity contribution in [2.45, 2.75) is 57.5 Å². The highest BCUT2D eigenvalue weighted by molar-refractivity contribution is 5.05. The van der Waals surface area contributed by atoms with Crippen LogP contribution >= 0.6 is 0 Å². The van der Waals surface area contributed by atoms with Crippen LogP contribution < -0.4 is 0 Å². The van der Waals surface area contributed by atoms with E-state index in [9.17, 15) is 0 Å². The molecule has 2 aliphatic heterocycles. The third kappa shape index (κ3) is 2.42. The molecule has 0 aliphatic carbocycles. The molecular weight excluding hydrogens is 196 g/mol. The van der Waals surface area contributed by atoms with Crippen molar-refractivity contribution < 1.29 is 0 Å². The zero-order valence-electron chi connectivity index (χ0n) is 10.9. The van der Waals surface area contributed by atoms with Crippen LogP contribution in [0.3, 0.4) is 0 Å². The number of hydrogen-bond donors (Lipinski definition) is 0. The Morgan fingerprint density at radius 2 is 1.88 bits per heavy atom. The molecule has 0 aromatic carbocycles. The molecule has 2 unspecified atom stereocenters. The molecule has 2 heteroatoms. The quantitative estimate of drug-likeness (QED) is 0.721. The van der Waals surface area contributed by atoms with E-state index in [0.717, 1.165) is 12.1 Å². The van der Waals surface area contributed by atoms with Crippen LogP contribution in [0, 0.1) is 0 Å². The predicted molar refractivity (Wildman–Crippen MR) is 69.4 cm³/mol. The lowest BCUT2D eigenvalue weighted by Gasteiger charge is -2.51. The Balaban J connectivity index is 2.00. The van der Waals surface area contributed by atoms with Crippen LogP contribution in [0.25, 0.3) is 0 Å². The minimum atomic E-state index is 0.752. The summed E-state index contributed by atoms with van der Waals surface area (Å²) in [5, 5.41) is 0. The molecule has 92 valence electrons. The molecule has 0 aromatic heterocycles. The SMILES string of the molecule is C=C(CCCC)N1C2CCCC1CN(C)C2. The number of likely N-dealkylation sites (tertiary alicyclic amines) is 1. The van der Waals surface area contributed by atoms with Gasteiger partial charge in [-0.25, -0.2) is 0 Å². The molecule has 0 N–H and O–H groups in total. The van der Waals surface area contributed by atoms with Gasteiger partial charge in [-0.05, 0) is 39.2 Å². The Morgan fingerprint density at radius 3 is 2.44 bits per heavy atom. The summed E-state index contributed by atoms with van der Waals surface area (Å²) in [6.07, 6.45) is 7.93. The first kappa shape index (κ1) is 12.0. The lowest BCUT2D eigenvalue weighted by molar-refractivity contribution is 0.0255. The zero-order chi connectivity index (χ0) is 11.5. The number of unbranched alkanes of at least 4 members (excludes halogenated alkanes) is 1. The van der Waals surface area contributed by atoms with Crippen molar-refractivity contribution in [3.05, 3.63) is 12.3 Å². The molecule has 2 aliphatic rings. The molecule has 2 saturated heterocycles. The first-order valence-corrected chi connectivity index (χ1v) is 6.87. The van der Waals surface area contributed by atoms with Gasteiger partial charge in [0, 0.05) is 30.9 Å². The fourth-order valence-corrected chi connectivity index (χ4v) is 3.34. The average molecular weight is 222 g/mol. The number of likely N-dealkylation sites (N-methyl/N-ethyl adjacent to an activating group) is 1. The molecule has 2 bridgehead atoms. The monoisotopic (exact) mass is 222 g/mol. The van der Waals surface area contributed by atoms with Crippen LogP contribution in [-0.2, 0) is 0 Å². The van der Waals surface area contributed by atoms with Gasteiger partial charge in [-0.3, -0.25) is 0 Å². The van der Waals surface area contributed by atoms with Crippen molar-refractivity contribution in [1.82, 2.24) is 9.80 Å². The smallest absolute Gasteiger partial charge is 0.0417 e. The Morgan fingerprint density at radius 1 is 1.25 bits per heavy atom. The summed E-state index contributed by atoms with van der Waals surface area (Å²) in [6.45, 7) is 9.07. The van der Waals surface area contributed by atoms with E-state index in [0.29, 0.717) is 0 Å². The molecule has 0 saturated carbocycles. The van der Waals surface area contributed by atoms with Gasteiger partial charge < -0.3 is 9.80 Å². The van der Waals surface area contributed by atoms with Crippen molar-refractivity contribution in [2.75, 3.05) is 20.1 Å². The van der Waals surface area contributed by atoms with Gasteiger partial charge in [0.2, 0.25) is 0 Å². The second-order valence-corrected chi connectivity index (χ2v) is 5.54. The minimum Gasteiger partial charge on any atom is -0.367 e. The van der Waals surface area contributed by atoms with Gasteiger partial charge in [0.25, 0.3) is 0 Å². The van der Waals surface area contributed by atoms with E-state index in [1.807, 2.05) is 0 Å². The summed E-state index contributed by atoms with van der Waals surface area (Å²) in [5.74, 6) is 0. The highest BCUT2D eigenvalue weighted by Crippen LogP contribution is 2.32. The van der Waals surface area contributed by atoms with E-state index in [1.54, 1.807) is 0 Å². The van der Waals surface area contributed by atoms with E-state index in [2.05, 4.69) is 30.4 Å². The number of piperazine rings is 1. The van der Waals surface area contributed by atoms with E-state index in [-0.39, 0.29) is 0 Å². The van der Waals surface area contributed by atoms with Crippen molar-refractivity contribution in [2.24, 2.45) is 0 Å². The second kappa shape index (κ2) is 5.22. The molecule has 16 heavy (non-hydrogen) atoms. The summed E-state index contributed by atoms with van der Waals surface area (Å²) in [4.78, 5) is 5.16. The second-order valence-electron chi connectivity index (χ2n) is 5.54. The standard InChI is InChI=1S/C14H26N2/c1-4-5-7-12(2)16-13-8-6-9-14(16)11-15(3)10-13/h13-14H,2,4-11H2,1,3H3. The van der Waals surface area contributed by atoms with Crippen LogP contribution in [0.15, 0.2) is 12.3 Å². The molecule has 0 spiro atoms. The summed E-state index contributed by atoms with van der Waals surface area (Å²) < 4.78 is 0. The fourth-order valence-electron chi connectivity index (χ4n) is 3.34. The highest BCUT2D eigenvalue weighted by Gasteiger charge is 2.36. The molecule has 2 fully saturated rings. The fraction of sp³-hybridized carbons (Fsp3) is 0.857. The summed E-state index contributed by atoms with van der Waals surface area (Å²) in [7, 11) is 2.26. The van der Waals surface area contributed by atoms with Gasteiger partial charge >= 0.3 is 0 Å². The van der Waals surface area contributed by atoms with E-state index in [1.165, 1.54) is 57.3 Å². The Bertz CT molecular complexity index is 235. The maximum Gasteiger partial charge on any atom is 0.0417 e. The van der Waals surface area contributed by atoms with Gasteiger partial charge in [0.1, 0.15) is 0 Å². The molecular formula is C14H26N2. The van der Waals surface area contributed by atoms with Gasteiger partial charge in [0.15, 0.2) is 0 Å². The summed E-state index contributed by atoms with van der Waals surface area (Å²) in [6, 6.07) is 1.50. The van der Waals surface area contributed by atoms with E-state index < -0.39 is 0 Å². The maximum absolute atomic E-state index is 4.33. The van der Waals surface area contributed by atoms with Crippen molar-refractivity contribution in [3.63, 3.8) is 0 Å². The van der Waals surface area contributed by atoms with Crippen molar-refractivity contribution >= 4 is 0 Å². The molecule has 0 aromatic rings. The topological polar surface area (TPSA) is 6.48 Å². The van der Waals surface area contributed by atoms with Gasteiger partial charge in [-0.2, -0.15) is 0 Å². The molecule has 2 heterocycles. The Kier molecular flexibility index (Phi) is 3.91. The van der Waals surface area contributed by atoms with Crippen LogP contribution in [-0.4, -0.2) is 42.0 Å². The highest BCUT2D eigenvalue weighted by atomic mass is 15.3. The van der Waals surface area contributed by atoms with Crippen molar-refractivity contribution in [1.29, 1.82) is 0 Å². The predicted octanol–water partition coefficient (Wildman–Crippen LogP) is 2.86. The zero-order valence-corrected chi connectivity index (χ0v) is 10.9. The van der Waals surface area contributed by atoms with Crippen LogP contribution in [0.4, 0.5) is 0 Å². The maximum atomic E-state index is 4.33. The van der Waals surface area contributed by atoms with Gasteiger partial charge in [0.05, 0.1) is 0 Å². The first-order valence-electron chi connectivity index (χ1n) is 6.87. The third-order valence-corrected chi connectivity index (χ3v) is 4.09. The van der Waals surface area contributed by atoms with Gasteiger partial charge in [-0.1, -0.05) is 19.9 Å². The van der Waals surface area contributed by atoms with Gasteiger partial charge in [-0.15, -0.1) is 0 Å². The minimum absolute atomic E-state index is 0.752. The third-order valence-electron chi connectivity index (χ3n) is 4.09. The van der Waals surface area contributed by atoms with E-state index >= 15 is 0 Å². The normalized spacial score (nSPS) is 30.5. The van der Waals surface area contributed by atoms with E-state index in [4.69, 9.17) is 0 Å². The summed E-state index contributed by atoms with van der Waals surface area (Å²) in [5.41, 5.74) is 1.41.